The van der Waals surface area contributed by atoms with Gasteiger partial charge in [-0.25, -0.2) is 0 Å². The molecule has 1 amide bonds. The van der Waals surface area contributed by atoms with Crippen LogP contribution >= 0.6 is 0 Å². The number of fused-ring (bicyclic) bond motifs is 2. The van der Waals surface area contributed by atoms with Crippen molar-refractivity contribution in [3.8, 4) is 0 Å². The lowest BCUT2D eigenvalue weighted by atomic mass is 9.82. The first-order chi connectivity index (χ1) is 11.5. The maximum absolute atomic E-state index is 12.7. The largest absolute Gasteiger partial charge is 0.481 e. The number of rotatable bonds is 6. The van der Waals surface area contributed by atoms with Gasteiger partial charge in [0.05, 0.1) is 17.9 Å². The van der Waals surface area contributed by atoms with Gasteiger partial charge in [-0.15, -0.1) is 0 Å². The normalized spacial score (nSPS) is 28.8. The standard InChI is InChI=1S/C20H25NO3/c1-3-4-13-5-7-14(8-6-13)12(2)21-19(22)17-15-9-10-16(11-15)18(17)20(23)24/h5-10,12,15-18H,3-4,11H2,1-2H3,(H,21,22)(H,23,24). The number of aryl methyl sites for hydroxylation is 1. The number of carboxylic acid groups (broad SMARTS) is 1. The lowest BCUT2D eigenvalue weighted by molar-refractivity contribution is -0.148. The SMILES string of the molecule is CCCc1ccc(C(C)NC(=O)C2C3C=CC(C3)C2C(=O)O)cc1. The number of nitrogens with one attached hydrogen (secondary N) is 1. The molecule has 5 atom stereocenters. The van der Waals surface area contributed by atoms with Crippen LogP contribution in [-0.2, 0) is 16.0 Å². The van der Waals surface area contributed by atoms with Crippen molar-refractivity contribution in [3.63, 3.8) is 0 Å². The predicted octanol–water partition coefficient (Wildman–Crippen LogP) is 3.34. The maximum Gasteiger partial charge on any atom is 0.307 e. The molecule has 3 rings (SSSR count). The molecule has 4 heteroatoms. The second-order valence-electron chi connectivity index (χ2n) is 7.06. The smallest absolute Gasteiger partial charge is 0.307 e. The van der Waals surface area contributed by atoms with E-state index in [-0.39, 0.29) is 23.8 Å². The number of amides is 1. The van der Waals surface area contributed by atoms with Crippen LogP contribution in [0.15, 0.2) is 36.4 Å². The second kappa shape index (κ2) is 6.80. The number of carboxylic acids is 1. The second-order valence-corrected chi connectivity index (χ2v) is 7.06. The van der Waals surface area contributed by atoms with Gasteiger partial charge in [-0.05, 0) is 42.7 Å². The highest BCUT2D eigenvalue weighted by Crippen LogP contribution is 2.48. The van der Waals surface area contributed by atoms with E-state index in [0.717, 1.165) is 24.8 Å². The molecule has 1 aromatic carbocycles. The molecule has 2 aliphatic carbocycles. The molecule has 128 valence electrons. The summed E-state index contributed by atoms with van der Waals surface area (Å²) in [6.07, 6.45) is 6.93. The van der Waals surface area contributed by atoms with E-state index >= 15 is 0 Å². The van der Waals surface area contributed by atoms with Crippen LogP contribution in [-0.4, -0.2) is 17.0 Å². The van der Waals surface area contributed by atoms with Crippen molar-refractivity contribution in [2.75, 3.05) is 0 Å². The molecule has 2 N–H and O–H groups in total. The third-order valence-corrected chi connectivity index (χ3v) is 5.42. The third kappa shape index (κ3) is 3.10. The van der Waals surface area contributed by atoms with E-state index in [4.69, 9.17) is 0 Å². The lowest BCUT2D eigenvalue weighted by Crippen LogP contribution is -2.41. The Labute approximate surface area is 143 Å². The molecule has 2 aliphatic rings. The summed E-state index contributed by atoms with van der Waals surface area (Å²) >= 11 is 0. The quantitative estimate of drug-likeness (QED) is 0.788. The Morgan fingerprint density at radius 1 is 1.17 bits per heavy atom. The molecule has 1 saturated carbocycles. The highest BCUT2D eigenvalue weighted by molar-refractivity contribution is 5.87. The van der Waals surface area contributed by atoms with Gasteiger partial charge in [0.25, 0.3) is 0 Å². The molecule has 4 nitrogen and oxygen atoms in total. The van der Waals surface area contributed by atoms with E-state index in [1.165, 1.54) is 5.56 Å². The average Bonchev–Trinajstić information content (AvgIpc) is 3.16. The van der Waals surface area contributed by atoms with Gasteiger partial charge in [-0.2, -0.15) is 0 Å². The Kier molecular flexibility index (Phi) is 4.74. The van der Waals surface area contributed by atoms with Crippen LogP contribution in [0.5, 0.6) is 0 Å². The van der Waals surface area contributed by atoms with Crippen LogP contribution in [0, 0.1) is 23.7 Å². The van der Waals surface area contributed by atoms with E-state index in [9.17, 15) is 14.7 Å². The summed E-state index contributed by atoms with van der Waals surface area (Å²) in [6.45, 7) is 4.10. The highest BCUT2D eigenvalue weighted by Gasteiger charge is 2.51. The molecule has 0 heterocycles. The van der Waals surface area contributed by atoms with Crippen LogP contribution in [0.1, 0.15) is 43.9 Å². The number of carbonyl (C=O) groups is 2. The number of hydrogen-bond donors (Lipinski definition) is 2. The Balaban J connectivity index is 1.67. The molecule has 0 saturated heterocycles. The van der Waals surface area contributed by atoms with Crippen LogP contribution in [0.25, 0.3) is 0 Å². The first-order valence-electron chi connectivity index (χ1n) is 8.81. The number of hydrogen-bond acceptors (Lipinski definition) is 2. The monoisotopic (exact) mass is 327 g/mol. The fourth-order valence-electron chi connectivity index (χ4n) is 4.17. The van der Waals surface area contributed by atoms with Gasteiger partial charge in [0.2, 0.25) is 5.91 Å². The topological polar surface area (TPSA) is 66.4 Å². The van der Waals surface area contributed by atoms with Gasteiger partial charge in [0, 0.05) is 0 Å². The van der Waals surface area contributed by atoms with Gasteiger partial charge in [-0.1, -0.05) is 49.8 Å². The minimum atomic E-state index is -0.858. The summed E-state index contributed by atoms with van der Waals surface area (Å²) in [5.41, 5.74) is 2.35. The Morgan fingerprint density at radius 2 is 1.79 bits per heavy atom. The molecule has 24 heavy (non-hydrogen) atoms. The summed E-state index contributed by atoms with van der Waals surface area (Å²) < 4.78 is 0. The molecular formula is C20H25NO3. The fraction of sp³-hybridized carbons (Fsp3) is 0.500. The van der Waals surface area contributed by atoms with Crippen molar-refractivity contribution in [3.05, 3.63) is 47.5 Å². The van der Waals surface area contributed by atoms with Crippen molar-refractivity contribution in [2.24, 2.45) is 23.7 Å². The van der Waals surface area contributed by atoms with Gasteiger partial charge in [0.15, 0.2) is 0 Å². The first-order valence-corrected chi connectivity index (χ1v) is 8.81. The van der Waals surface area contributed by atoms with Crippen molar-refractivity contribution in [1.82, 2.24) is 5.32 Å². The molecule has 1 aromatic rings. The fourth-order valence-corrected chi connectivity index (χ4v) is 4.17. The summed E-state index contributed by atoms with van der Waals surface area (Å²) in [4.78, 5) is 24.2. The van der Waals surface area contributed by atoms with Crippen molar-refractivity contribution >= 4 is 11.9 Å². The molecule has 0 aromatic heterocycles. The van der Waals surface area contributed by atoms with Crippen molar-refractivity contribution < 1.29 is 14.7 Å². The van der Waals surface area contributed by atoms with Gasteiger partial charge in [-0.3, -0.25) is 9.59 Å². The maximum atomic E-state index is 12.7. The van der Waals surface area contributed by atoms with E-state index in [1.54, 1.807) is 0 Å². The van der Waals surface area contributed by atoms with Crippen LogP contribution < -0.4 is 5.32 Å². The minimum Gasteiger partial charge on any atom is -0.481 e. The number of allylic oxidation sites excluding steroid dienone is 2. The van der Waals surface area contributed by atoms with Crippen molar-refractivity contribution in [1.29, 1.82) is 0 Å². The molecular weight excluding hydrogens is 302 g/mol. The zero-order chi connectivity index (χ0) is 17.3. The number of carbonyl (C=O) groups excluding carboxylic acids is 1. The van der Waals surface area contributed by atoms with E-state index < -0.39 is 17.8 Å². The number of benzene rings is 1. The van der Waals surface area contributed by atoms with E-state index in [2.05, 4.69) is 24.4 Å². The number of aliphatic carboxylic acids is 1. The van der Waals surface area contributed by atoms with Crippen LogP contribution in [0.3, 0.4) is 0 Å². The predicted molar refractivity (Wildman–Crippen MR) is 92.3 cm³/mol. The Bertz CT molecular complexity index is 649. The molecule has 0 spiro atoms. The van der Waals surface area contributed by atoms with Gasteiger partial charge >= 0.3 is 5.97 Å². The van der Waals surface area contributed by atoms with Gasteiger partial charge < -0.3 is 10.4 Å². The summed E-state index contributed by atoms with van der Waals surface area (Å²) in [5.74, 6) is -1.95. The van der Waals surface area contributed by atoms with E-state index in [0.29, 0.717) is 0 Å². The van der Waals surface area contributed by atoms with E-state index in [1.807, 2.05) is 31.2 Å². The first kappa shape index (κ1) is 16.7. The molecule has 0 radical (unpaired) electrons. The minimum absolute atomic E-state index is 0.00637. The summed E-state index contributed by atoms with van der Waals surface area (Å²) in [7, 11) is 0. The highest BCUT2D eigenvalue weighted by atomic mass is 16.4. The molecule has 1 fully saturated rings. The zero-order valence-corrected chi connectivity index (χ0v) is 14.2. The molecule has 0 aliphatic heterocycles. The summed E-state index contributed by atoms with van der Waals surface area (Å²) in [6, 6.07) is 8.17. The molecule has 2 bridgehead atoms. The molecule has 5 unspecified atom stereocenters. The third-order valence-electron chi connectivity index (χ3n) is 5.42. The van der Waals surface area contributed by atoms with Crippen molar-refractivity contribution in [2.45, 2.75) is 39.2 Å². The van der Waals surface area contributed by atoms with Gasteiger partial charge in [0.1, 0.15) is 0 Å². The Hall–Kier alpha value is -2.10. The van der Waals surface area contributed by atoms with Crippen LogP contribution in [0.2, 0.25) is 0 Å². The lowest BCUT2D eigenvalue weighted by Gasteiger charge is -2.26. The summed E-state index contributed by atoms with van der Waals surface area (Å²) in [5, 5.41) is 12.5. The zero-order valence-electron chi connectivity index (χ0n) is 14.2. The Morgan fingerprint density at radius 3 is 2.38 bits per heavy atom. The van der Waals surface area contributed by atoms with Crippen LogP contribution in [0.4, 0.5) is 0 Å². The average molecular weight is 327 g/mol.